The topological polar surface area (TPSA) is 87.3 Å². The van der Waals surface area contributed by atoms with Gasteiger partial charge in [-0.05, 0) is 74.1 Å². The molecule has 1 unspecified atom stereocenters. The summed E-state index contributed by atoms with van der Waals surface area (Å²) >= 11 is 0. The summed E-state index contributed by atoms with van der Waals surface area (Å²) in [5, 5.41) is 6.50. The van der Waals surface area contributed by atoms with Crippen LogP contribution < -0.4 is 15.4 Å². The smallest absolute Gasteiger partial charge is 0.349 e. The van der Waals surface area contributed by atoms with Crippen LogP contribution in [0.5, 0.6) is 0 Å². The highest BCUT2D eigenvalue weighted by molar-refractivity contribution is 7.89. The number of benzene rings is 3. The van der Waals surface area contributed by atoms with E-state index in [1.54, 1.807) is 30.3 Å². The molecule has 0 heterocycles. The van der Waals surface area contributed by atoms with Gasteiger partial charge < -0.3 is 10.6 Å². The predicted molar refractivity (Wildman–Crippen MR) is 148 cm³/mol. The lowest BCUT2D eigenvalue weighted by molar-refractivity contribution is -0.137. The van der Waals surface area contributed by atoms with E-state index in [4.69, 9.17) is 0 Å². The van der Waals surface area contributed by atoms with Gasteiger partial charge in [-0.3, -0.25) is 4.79 Å². The van der Waals surface area contributed by atoms with Crippen molar-refractivity contribution in [3.63, 3.8) is 0 Å². The highest BCUT2D eigenvalue weighted by atomic mass is 32.2. The van der Waals surface area contributed by atoms with Crippen LogP contribution in [0.1, 0.15) is 73.5 Å². The molecule has 0 saturated carbocycles. The van der Waals surface area contributed by atoms with Crippen molar-refractivity contribution in [2.75, 3.05) is 0 Å². The van der Waals surface area contributed by atoms with Crippen LogP contribution in [0.25, 0.3) is 0 Å². The zero-order valence-corrected chi connectivity index (χ0v) is 23.5. The maximum Gasteiger partial charge on any atom is 0.416 e. The average Bonchev–Trinajstić information content (AvgIpc) is 3.28. The Bertz CT molecular complexity index is 1450. The molecule has 1 amide bonds. The van der Waals surface area contributed by atoms with Crippen LogP contribution in [0, 0.1) is 0 Å². The lowest BCUT2D eigenvalue weighted by Crippen LogP contribution is -2.35. The molecule has 0 spiro atoms. The lowest BCUT2D eigenvalue weighted by atomic mass is 10.0. The van der Waals surface area contributed by atoms with Crippen LogP contribution >= 0.6 is 0 Å². The standard InChI is InChI=1S/C30H34F3N3O3S/c1-29(2,3)34-19-20-12-14-25-22(16-20)13-15-26(25)35-28(37)18-27(21-8-5-4-6-9-21)36-40(38,39)24-11-7-10-23(17-24)30(31,32)33/h4-12,14,16-17,26-27,34,36H,13,15,18-19H2,1-3H3,(H,35,37)/t26-,27?/m1/s1. The summed E-state index contributed by atoms with van der Waals surface area (Å²) in [6.07, 6.45) is -3.37. The number of rotatable bonds is 9. The van der Waals surface area contributed by atoms with Gasteiger partial charge in [-0.2, -0.15) is 13.2 Å². The Kier molecular flexibility index (Phi) is 8.72. The molecule has 214 valence electrons. The van der Waals surface area contributed by atoms with Crippen molar-refractivity contribution < 1.29 is 26.4 Å². The van der Waals surface area contributed by atoms with Gasteiger partial charge in [0.2, 0.25) is 15.9 Å². The van der Waals surface area contributed by atoms with Crippen molar-refractivity contribution >= 4 is 15.9 Å². The fourth-order valence-corrected chi connectivity index (χ4v) is 6.01. The van der Waals surface area contributed by atoms with Gasteiger partial charge in [0, 0.05) is 18.5 Å². The molecule has 0 saturated heterocycles. The highest BCUT2D eigenvalue weighted by Gasteiger charge is 2.33. The Morgan fingerprint density at radius 3 is 2.38 bits per heavy atom. The second kappa shape index (κ2) is 11.7. The molecular formula is C30H34F3N3O3S. The Hall–Kier alpha value is -3.21. The number of hydrogen-bond donors (Lipinski definition) is 3. The molecule has 1 aliphatic rings. The quantitative estimate of drug-likeness (QED) is 0.302. The molecule has 0 aliphatic heterocycles. The normalized spacial score (nSPS) is 16.4. The first-order chi connectivity index (χ1) is 18.7. The third kappa shape index (κ3) is 7.71. The van der Waals surface area contributed by atoms with Crippen molar-refractivity contribution in [3.8, 4) is 0 Å². The summed E-state index contributed by atoms with van der Waals surface area (Å²) in [5.41, 5.74) is 2.82. The fourth-order valence-electron chi connectivity index (χ4n) is 4.74. The van der Waals surface area contributed by atoms with Crippen molar-refractivity contribution in [2.45, 2.75) is 75.3 Å². The molecule has 1 aliphatic carbocycles. The Balaban J connectivity index is 1.49. The minimum absolute atomic E-state index is 0.00648. The molecule has 6 nitrogen and oxygen atoms in total. The molecule has 0 fully saturated rings. The predicted octanol–water partition coefficient (Wildman–Crippen LogP) is 5.81. The van der Waals surface area contributed by atoms with Crippen molar-refractivity contribution in [2.24, 2.45) is 0 Å². The molecule has 3 aromatic rings. The van der Waals surface area contributed by atoms with E-state index in [0.29, 0.717) is 11.6 Å². The summed E-state index contributed by atoms with van der Waals surface area (Å²) < 4.78 is 68.3. The highest BCUT2D eigenvalue weighted by Crippen LogP contribution is 2.33. The first-order valence-corrected chi connectivity index (χ1v) is 14.6. The van der Waals surface area contributed by atoms with Crippen molar-refractivity contribution in [1.29, 1.82) is 0 Å². The third-order valence-electron chi connectivity index (χ3n) is 6.80. The Morgan fingerprint density at radius 1 is 0.975 bits per heavy atom. The van der Waals surface area contributed by atoms with Crippen LogP contribution in [0.3, 0.4) is 0 Å². The molecule has 0 bridgehead atoms. The van der Waals surface area contributed by atoms with E-state index in [1.807, 2.05) is 12.1 Å². The van der Waals surface area contributed by atoms with E-state index in [0.717, 1.165) is 48.7 Å². The van der Waals surface area contributed by atoms with Gasteiger partial charge >= 0.3 is 6.18 Å². The van der Waals surface area contributed by atoms with Crippen LogP contribution in [-0.2, 0) is 34.0 Å². The molecule has 2 atom stereocenters. The second-order valence-corrected chi connectivity index (χ2v) is 12.8. The van der Waals surface area contributed by atoms with Crippen LogP contribution in [0.2, 0.25) is 0 Å². The molecule has 3 aromatic carbocycles. The maximum atomic E-state index is 13.2. The number of carbonyl (C=O) groups is 1. The molecule has 40 heavy (non-hydrogen) atoms. The zero-order valence-electron chi connectivity index (χ0n) is 22.7. The van der Waals surface area contributed by atoms with Gasteiger partial charge in [0.15, 0.2) is 0 Å². The monoisotopic (exact) mass is 573 g/mol. The largest absolute Gasteiger partial charge is 0.416 e. The maximum absolute atomic E-state index is 13.2. The molecule has 4 rings (SSSR count). The lowest BCUT2D eigenvalue weighted by Gasteiger charge is -2.22. The summed E-state index contributed by atoms with van der Waals surface area (Å²) in [6, 6.07) is 17.1. The summed E-state index contributed by atoms with van der Waals surface area (Å²) in [6.45, 7) is 7.05. The Morgan fingerprint density at radius 2 is 1.70 bits per heavy atom. The number of amides is 1. The van der Waals surface area contributed by atoms with E-state index in [2.05, 4.69) is 42.2 Å². The van der Waals surface area contributed by atoms with E-state index >= 15 is 0 Å². The minimum Gasteiger partial charge on any atom is -0.349 e. The van der Waals surface area contributed by atoms with Gasteiger partial charge in [0.25, 0.3) is 0 Å². The molecule has 10 heteroatoms. The fraction of sp³-hybridized carbons (Fsp3) is 0.367. The number of aryl methyl sites for hydroxylation is 1. The van der Waals surface area contributed by atoms with E-state index in [1.165, 1.54) is 5.56 Å². The van der Waals surface area contributed by atoms with Gasteiger partial charge in [-0.25, -0.2) is 13.1 Å². The number of carbonyl (C=O) groups excluding carboxylic acids is 1. The molecule has 3 N–H and O–H groups in total. The second-order valence-electron chi connectivity index (χ2n) is 11.1. The SMILES string of the molecule is CC(C)(C)NCc1ccc2c(c1)CC[C@H]2NC(=O)CC(NS(=O)(=O)c1cccc(C(F)(F)F)c1)c1ccccc1. The van der Waals surface area contributed by atoms with E-state index in [-0.39, 0.29) is 23.9 Å². The van der Waals surface area contributed by atoms with Gasteiger partial charge in [0.05, 0.1) is 22.5 Å². The Labute approximate surface area is 233 Å². The zero-order chi connectivity index (χ0) is 29.1. The van der Waals surface area contributed by atoms with Gasteiger partial charge in [0.1, 0.15) is 0 Å². The summed E-state index contributed by atoms with van der Waals surface area (Å²) in [5.74, 6) is -0.364. The molecule has 0 radical (unpaired) electrons. The van der Waals surface area contributed by atoms with Gasteiger partial charge in [-0.15, -0.1) is 0 Å². The van der Waals surface area contributed by atoms with Crippen LogP contribution in [-0.4, -0.2) is 19.9 Å². The summed E-state index contributed by atoms with van der Waals surface area (Å²) in [7, 11) is -4.37. The number of sulfonamides is 1. The van der Waals surface area contributed by atoms with Gasteiger partial charge in [-0.1, -0.05) is 54.6 Å². The van der Waals surface area contributed by atoms with Crippen LogP contribution in [0.4, 0.5) is 13.2 Å². The first kappa shape index (κ1) is 29.8. The number of fused-ring (bicyclic) bond motifs is 1. The van der Waals surface area contributed by atoms with Crippen LogP contribution in [0.15, 0.2) is 77.7 Å². The number of halogens is 3. The number of nitrogens with one attached hydrogen (secondary N) is 3. The first-order valence-electron chi connectivity index (χ1n) is 13.1. The number of hydrogen-bond acceptors (Lipinski definition) is 4. The minimum atomic E-state index is -4.69. The van der Waals surface area contributed by atoms with Crippen molar-refractivity contribution in [1.82, 2.24) is 15.4 Å². The average molecular weight is 574 g/mol. The molecule has 0 aromatic heterocycles. The van der Waals surface area contributed by atoms with Crippen molar-refractivity contribution in [3.05, 3.63) is 101 Å². The number of alkyl halides is 3. The van der Waals surface area contributed by atoms with E-state index < -0.39 is 32.7 Å². The van der Waals surface area contributed by atoms with E-state index in [9.17, 15) is 26.4 Å². The molecular weight excluding hydrogens is 539 g/mol. The summed E-state index contributed by atoms with van der Waals surface area (Å²) in [4.78, 5) is 12.7. The third-order valence-corrected chi connectivity index (χ3v) is 8.27.